The molecule has 0 radical (unpaired) electrons. The first-order chi connectivity index (χ1) is 11.3. The SMILES string of the molecule is Brc1cccc(-c2cc3n(n2)CCN(Cc2ccccc2)C3)c1. The average molecular weight is 368 g/mol. The Morgan fingerprint density at radius 2 is 1.83 bits per heavy atom. The second kappa shape index (κ2) is 6.30. The van der Waals surface area contributed by atoms with Crippen LogP contribution < -0.4 is 0 Å². The number of fused-ring (bicyclic) bond motifs is 1. The van der Waals surface area contributed by atoms with Crippen LogP contribution in [0.4, 0.5) is 0 Å². The molecule has 4 heteroatoms. The lowest BCUT2D eigenvalue weighted by molar-refractivity contribution is 0.205. The van der Waals surface area contributed by atoms with Gasteiger partial charge in [0, 0.05) is 29.7 Å². The van der Waals surface area contributed by atoms with Gasteiger partial charge in [-0.05, 0) is 23.8 Å². The van der Waals surface area contributed by atoms with Crippen LogP contribution in [0, 0.1) is 0 Å². The maximum Gasteiger partial charge on any atom is 0.0926 e. The highest BCUT2D eigenvalue weighted by Crippen LogP contribution is 2.25. The smallest absolute Gasteiger partial charge is 0.0926 e. The molecule has 0 bridgehead atoms. The lowest BCUT2D eigenvalue weighted by Gasteiger charge is -2.27. The monoisotopic (exact) mass is 367 g/mol. The highest BCUT2D eigenvalue weighted by Gasteiger charge is 2.19. The van der Waals surface area contributed by atoms with Crippen molar-refractivity contribution in [1.82, 2.24) is 14.7 Å². The molecule has 3 aromatic rings. The summed E-state index contributed by atoms with van der Waals surface area (Å²) in [7, 11) is 0. The molecule has 1 aliphatic heterocycles. The summed E-state index contributed by atoms with van der Waals surface area (Å²) >= 11 is 3.54. The van der Waals surface area contributed by atoms with Crippen molar-refractivity contribution < 1.29 is 0 Å². The number of nitrogens with zero attached hydrogens (tertiary/aromatic N) is 3. The first kappa shape index (κ1) is 14.7. The van der Waals surface area contributed by atoms with Gasteiger partial charge in [0.1, 0.15) is 0 Å². The van der Waals surface area contributed by atoms with E-state index < -0.39 is 0 Å². The van der Waals surface area contributed by atoms with Gasteiger partial charge in [-0.3, -0.25) is 9.58 Å². The molecule has 1 aromatic heterocycles. The molecule has 4 rings (SSSR count). The molecule has 23 heavy (non-hydrogen) atoms. The Morgan fingerprint density at radius 1 is 0.957 bits per heavy atom. The van der Waals surface area contributed by atoms with Crippen molar-refractivity contribution in [3.8, 4) is 11.3 Å². The van der Waals surface area contributed by atoms with Crippen molar-refractivity contribution in [1.29, 1.82) is 0 Å². The van der Waals surface area contributed by atoms with Gasteiger partial charge in [0.2, 0.25) is 0 Å². The van der Waals surface area contributed by atoms with Gasteiger partial charge in [-0.15, -0.1) is 0 Å². The maximum atomic E-state index is 4.77. The Kier molecular flexibility index (Phi) is 4.02. The Morgan fingerprint density at radius 3 is 2.65 bits per heavy atom. The van der Waals surface area contributed by atoms with Gasteiger partial charge in [0.05, 0.1) is 17.9 Å². The van der Waals surface area contributed by atoms with Crippen LogP contribution in [0.1, 0.15) is 11.3 Å². The van der Waals surface area contributed by atoms with E-state index in [-0.39, 0.29) is 0 Å². The van der Waals surface area contributed by atoms with Crippen LogP contribution in [0.2, 0.25) is 0 Å². The van der Waals surface area contributed by atoms with Crippen molar-refractivity contribution in [2.45, 2.75) is 19.6 Å². The van der Waals surface area contributed by atoms with E-state index in [0.29, 0.717) is 0 Å². The molecular weight excluding hydrogens is 350 g/mol. The summed E-state index contributed by atoms with van der Waals surface area (Å²) in [6.45, 7) is 3.95. The Hall–Kier alpha value is -1.91. The lowest BCUT2D eigenvalue weighted by Crippen LogP contribution is -2.33. The van der Waals surface area contributed by atoms with E-state index in [2.05, 4.69) is 80.1 Å². The van der Waals surface area contributed by atoms with Crippen LogP contribution in [0.25, 0.3) is 11.3 Å². The molecule has 0 amide bonds. The third kappa shape index (κ3) is 3.23. The van der Waals surface area contributed by atoms with Crippen molar-refractivity contribution in [3.63, 3.8) is 0 Å². The summed E-state index contributed by atoms with van der Waals surface area (Å²) in [4.78, 5) is 2.48. The third-order valence-electron chi connectivity index (χ3n) is 4.25. The van der Waals surface area contributed by atoms with Crippen molar-refractivity contribution in [2.24, 2.45) is 0 Å². The molecule has 0 aliphatic carbocycles. The molecule has 0 spiro atoms. The predicted octanol–water partition coefficient (Wildman–Crippen LogP) is 4.33. The molecule has 2 aromatic carbocycles. The summed E-state index contributed by atoms with van der Waals surface area (Å²) in [6.07, 6.45) is 0. The molecule has 0 N–H and O–H groups in total. The van der Waals surface area contributed by atoms with Crippen LogP contribution in [0.5, 0.6) is 0 Å². The largest absolute Gasteiger partial charge is 0.291 e. The average Bonchev–Trinajstić information content (AvgIpc) is 2.99. The third-order valence-corrected chi connectivity index (χ3v) is 4.74. The van der Waals surface area contributed by atoms with Gasteiger partial charge < -0.3 is 0 Å². The fourth-order valence-electron chi connectivity index (χ4n) is 3.09. The minimum absolute atomic E-state index is 0.954. The van der Waals surface area contributed by atoms with Crippen molar-refractivity contribution >= 4 is 15.9 Å². The number of halogens is 1. The van der Waals surface area contributed by atoms with Crippen LogP contribution >= 0.6 is 15.9 Å². The first-order valence-corrected chi connectivity index (χ1v) is 8.66. The number of rotatable bonds is 3. The zero-order chi connectivity index (χ0) is 15.6. The van der Waals surface area contributed by atoms with Gasteiger partial charge in [0.25, 0.3) is 0 Å². The first-order valence-electron chi connectivity index (χ1n) is 7.87. The highest BCUT2D eigenvalue weighted by atomic mass is 79.9. The van der Waals surface area contributed by atoms with Gasteiger partial charge in [0.15, 0.2) is 0 Å². The minimum Gasteiger partial charge on any atom is -0.291 e. The van der Waals surface area contributed by atoms with Gasteiger partial charge in [-0.25, -0.2) is 0 Å². The van der Waals surface area contributed by atoms with E-state index in [0.717, 1.165) is 41.9 Å². The zero-order valence-corrected chi connectivity index (χ0v) is 14.4. The molecule has 0 saturated heterocycles. The normalized spacial score (nSPS) is 14.7. The summed E-state index contributed by atoms with van der Waals surface area (Å²) < 4.78 is 3.24. The van der Waals surface area contributed by atoms with Gasteiger partial charge in [-0.1, -0.05) is 58.4 Å². The molecule has 3 nitrogen and oxygen atoms in total. The molecular formula is C19H18BrN3. The van der Waals surface area contributed by atoms with E-state index in [1.165, 1.54) is 11.3 Å². The Balaban J connectivity index is 1.54. The number of aromatic nitrogens is 2. The maximum absolute atomic E-state index is 4.77. The van der Waals surface area contributed by atoms with E-state index in [1.54, 1.807) is 0 Å². The molecule has 0 atom stereocenters. The summed E-state index contributed by atoms with van der Waals surface area (Å²) in [5, 5.41) is 4.77. The Bertz CT molecular complexity index is 810. The van der Waals surface area contributed by atoms with Crippen molar-refractivity contribution in [2.75, 3.05) is 6.54 Å². The molecule has 0 fully saturated rings. The van der Waals surface area contributed by atoms with E-state index >= 15 is 0 Å². The van der Waals surface area contributed by atoms with Crippen molar-refractivity contribution in [3.05, 3.63) is 76.4 Å². The summed E-state index contributed by atoms with van der Waals surface area (Å²) in [5.74, 6) is 0. The molecule has 0 saturated carbocycles. The highest BCUT2D eigenvalue weighted by molar-refractivity contribution is 9.10. The van der Waals surface area contributed by atoms with Crippen LogP contribution in [0.15, 0.2) is 65.1 Å². The topological polar surface area (TPSA) is 21.1 Å². The van der Waals surface area contributed by atoms with E-state index in [1.807, 2.05) is 6.07 Å². The van der Waals surface area contributed by atoms with Crippen LogP contribution in [-0.4, -0.2) is 21.2 Å². The predicted molar refractivity (Wildman–Crippen MR) is 95.9 cm³/mol. The second-order valence-corrected chi connectivity index (χ2v) is 6.87. The zero-order valence-electron chi connectivity index (χ0n) is 12.8. The second-order valence-electron chi connectivity index (χ2n) is 5.95. The fourth-order valence-corrected chi connectivity index (χ4v) is 3.49. The number of benzene rings is 2. The minimum atomic E-state index is 0.954. The fraction of sp³-hybridized carbons (Fsp3) is 0.211. The summed E-state index contributed by atoms with van der Waals surface area (Å²) in [6, 6.07) is 21.2. The molecule has 116 valence electrons. The van der Waals surface area contributed by atoms with E-state index in [4.69, 9.17) is 5.10 Å². The van der Waals surface area contributed by atoms with Crippen LogP contribution in [0.3, 0.4) is 0 Å². The van der Waals surface area contributed by atoms with Gasteiger partial charge in [-0.2, -0.15) is 5.10 Å². The van der Waals surface area contributed by atoms with Gasteiger partial charge >= 0.3 is 0 Å². The standard InChI is InChI=1S/C19H18BrN3/c20-17-8-4-7-16(11-17)19-12-18-14-22(9-10-23(18)21-19)13-15-5-2-1-3-6-15/h1-8,11-12H,9-10,13-14H2. The molecule has 1 aliphatic rings. The number of hydrogen-bond donors (Lipinski definition) is 0. The van der Waals surface area contributed by atoms with Crippen LogP contribution in [-0.2, 0) is 19.6 Å². The van der Waals surface area contributed by atoms with E-state index in [9.17, 15) is 0 Å². The lowest BCUT2D eigenvalue weighted by atomic mass is 10.1. The number of hydrogen-bond acceptors (Lipinski definition) is 2. The summed E-state index contributed by atoms with van der Waals surface area (Å²) in [5.41, 5.74) is 4.88. The Labute approximate surface area is 144 Å². The molecule has 0 unspecified atom stereocenters. The quantitative estimate of drug-likeness (QED) is 0.686. The molecule has 2 heterocycles.